The normalized spacial score (nSPS) is 14.0. The molecule has 1 aliphatic heterocycles. The molecule has 28 heavy (non-hydrogen) atoms. The first-order valence-corrected chi connectivity index (χ1v) is 9.05. The highest BCUT2D eigenvalue weighted by Crippen LogP contribution is 2.22. The molecule has 1 aromatic carbocycles. The number of pyridine rings is 1. The summed E-state index contributed by atoms with van der Waals surface area (Å²) in [5, 5.41) is 0. The summed E-state index contributed by atoms with van der Waals surface area (Å²) < 4.78 is 11.5. The fourth-order valence-electron chi connectivity index (χ4n) is 2.95. The van der Waals surface area contributed by atoms with E-state index in [1.54, 1.807) is 24.5 Å². The topological polar surface area (TPSA) is 77.7 Å². The van der Waals surface area contributed by atoms with Crippen LogP contribution < -0.4 is 10.5 Å². The van der Waals surface area contributed by atoms with Gasteiger partial charge in [-0.3, -0.25) is 9.78 Å². The number of hydrogen-bond acceptors (Lipinski definition) is 5. The molecule has 1 amide bonds. The molecule has 0 unspecified atom stereocenters. The Morgan fingerprint density at radius 3 is 2.43 bits per heavy atom. The van der Waals surface area contributed by atoms with Gasteiger partial charge in [0.15, 0.2) is 0 Å². The Balaban J connectivity index is 0.00000196. The van der Waals surface area contributed by atoms with Crippen molar-refractivity contribution >= 4 is 30.7 Å². The maximum absolute atomic E-state index is 12.7. The molecule has 154 valence electrons. The van der Waals surface area contributed by atoms with Gasteiger partial charge >= 0.3 is 0 Å². The van der Waals surface area contributed by atoms with Gasteiger partial charge in [-0.05, 0) is 62.2 Å². The average molecular weight is 428 g/mol. The van der Waals surface area contributed by atoms with E-state index >= 15 is 0 Å². The molecule has 0 atom stereocenters. The second-order valence-corrected chi connectivity index (χ2v) is 6.32. The van der Waals surface area contributed by atoms with Crippen LogP contribution >= 0.6 is 24.8 Å². The third kappa shape index (κ3) is 6.95. The largest absolute Gasteiger partial charge is 0.456 e. The minimum atomic E-state index is 0. The molecule has 0 radical (unpaired) electrons. The highest BCUT2D eigenvalue weighted by atomic mass is 35.5. The van der Waals surface area contributed by atoms with Crippen molar-refractivity contribution in [3.8, 4) is 11.5 Å². The predicted molar refractivity (Wildman–Crippen MR) is 114 cm³/mol. The fraction of sp³-hybridized carbons (Fsp3) is 0.400. The van der Waals surface area contributed by atoms with Crippen LogP contribution in [0.1, 0.15) is 29.6 Å². The number of carbonyl (C=O) groups excluding carboxylic acids is 1. The Hall–Kier alpha value is -1.86. The quantitative estimate of drug-likeness (QED) is 0.681. The lowest BCUT2D eigenvalue weighted by molar-refractivity contribution is 0.00845. The van der Waals surface area contributed by atoms with E-state index in [0.29, 0.717) is 30.2 Å². The first-order chi connectivity index (χ1) is 12.8. The Labute approximate surface area is 178 Å². The smallest absolute Gasteiger partial charge is 0.253 e. The molecule has 2 aromatic rings. The zero-order valence-corrected chi connectivity index (χ0v) is 17.3. The van der Waals surface area contributed by atoms with Gasteiger partial charge in [0.1, 0.15) is 11.5 Å². The van der Waals surface area contributed by atoms with Crippen molar-refractivity contribution in [2.75, 3.05) is 26.2 Å². The third-order valence-corrected chi connectivity index (χ3v) is 4.40. The molecular weight excluding hydrogens is 401 g/mol. The van der Waals surface area contributed by atoms with Gasteiger partial charge < -0.3 is 20.1 Å². The van der Waals surface area contributed by atoms with E-state index in [1.165, 1.54) is 0 Å². The molecule has 0 saturated carbocycles. The van der Waals surface area contributed by atoms with Crippen molar-refractivity contribution in [1.82, 2.24) is 9.88 Å². The fourth-order valence-corrected chi connectivity index (χ4v) is 2.95. The summed E-state index contributed by atoms with van der Waals surface area (Å²) in [6.45, 7) is 2.80. The van der Waals surface area contributed by atoms with Crippen molar-refractivity contribution in [3.63, 3.8) is 0 Å². The number of rotatable bonds is 7. The molecule has 0 spiro atoms. The van der Waals surface area contributed by atoms with Crippen LogP contribution in [0.5, 0.6) is 11.5 Å². The van der Waals surface area contributed by atoms with Crippen LogP contribution in [0.15, 0.2) is 48.8 Å². The van der Waals surface area contributed by atoms with Crippen LogP contribution in [-0.2, 0) is 4.74 Å². The zero-order valence-electron chi connectivity index (χ0n) is 15.7. The van der Waals surface area contributed by atoms with Crippen molar-refractivity contribution < 1.29 is 14.3 Å². The number of amides is 1. The highest BCUT2D eigenvalue weighted by molar-refractivity contribution is 5.94. The maximum atomic E-state index is 12.7. The molecule has 2 N–H and O–H groups in total. The predicted octanol–water partition coefficient (Wildman–Crippen LogP) is 3.69. The monoisotopic (exact) mass is 427 g/mol. The summed E-state index contributed by atoms with van der Waals surface area (Å²) in [7, 11) is 0. The number of piperidine rings is 1. The lowest BCUT2D eigenvalue weighted by atomic mass is 10.1. The van der Waals surface area contributed by atoms with Crippen LogP contribution in [-0.4, -0.2) is 48.1 Å². The van der Waals surface area contributed by atoms with Crippen molar-refractivity contribution in [2.24, 2.45) is 5.73 Å². The van der Waals surface area contributed by atoms with Crippen LogP contribution in [0, 0.1) is 0 Å². The highest BCUT2D eigenvalue weighted by Gasteiger charge is 2.23. The van der Waals surface area contributed by atoms with Gasteiger partial charge in [0, 0.05) is 31.5 Å². The number of aromatic nitrogens is 1. The summed E-state index contributed by atoms with van der Waals surface area (Å²) in [5.41, 5.74) is 6.15. The minimum absolute atomic E-state index is 0. The number of ether oxygens (including phenoxy) is 2. The third-order valence-electron chi connectivity index (χ3n) is 4.40. The van der Waals surface area contributed by atoms with Gasteiger partial charge in [0.2, 0.25) is 0 Å². The van der Waals surface area contributed by atoms with Crippen LogP contribution in [0.4, 0.5) is 0 Å². The van der Waals surface area contributed by atoms with E-state index in [4.69, 9.17) is 15.2 Å². The molecule has 0 bridgehead atoms. The number of halogens is 2. The van der Waals surface area contributed by atoms with E-state index in [2.05, 4.69) is 4.98 Å². The van der Waals surface area contributed by atoms with Gasteiger partial charge in [-0.1, -0.05) is 0 Å². The van der Waals surface area contributed by atoms with Crippen LogP contribution in [0.3, 0.4) is 0 Å². The number of likely N-dealkylation sites (tertiary alicyclic amines) is 1. The Kier molecular flexibility index (Phi) is 10.9. The molecule has 3 rings (SSSR count). The van der Waals surface area contributed by atoms with E-state index in [1.807, 2.05) is 29.2 Å². The second kappa shape index (κ2) is 12.6. The Bertz CT molecular complexity index is 694. The van der Waals surface area contributed by atoms with Crippen molar-refractivity contribution in [3.05, 3.63) is 54.4 Å². The van der Waals surface area contributed by atoms with E-state index in [9.17, 15) is 4.79 Å². The lowest BCUT2D eigenvalue weighted by Gasteiger charge is -2.32. The zero-order chi connectivity index (χ0) is 18.2. The summed E-state index contributed by atoms with van der Waals surface area (Å²) in [5.74, 6) is 1.41. The van der Waals surface area contributed by atoms with Crippen molar-refractivity contribution in [2.45, 2.75) is 25.4 Å². The second-order valence-electron chi connectivity index (χ2n) is 6.32. The van der Waals surface area contributed by atoms with Gasteiger partial charge in [0.25, 0.3) is 5.91 Å². The molecule has 1 aliphatic rings. The molecule has 1 saturated heterocycles. The molecule has 2 heterocycles. The summed E-state index contributed by atoms with van der Waals surface area (Å²) in [4.78, 5) is 18.6. The Morgan fingerprint density at radius 1 is 1.11 bits per heavy atom. The average Bonchev–Trinajstić information content (AvgIpc) is 2.70. The first-order valence-electron chi connectivity index (χ1n) is 9.05. The SMILES string of the molecule is Cl.Cl.NCCCOC1CCN(C(=O)c2ccc(Oc3cccnc3)cc2)CC1. The van der Waals surface area contributed by atoms with E-state index < -0.39 is 0 Å². The number of nitrogens with zero attached hydrogens (tertiary/aromatic N) is 2. The van der Waals surface area contributed by atoms with Crippen molar-refractivity contribution in [1.29, 1.82) is 0 Å². The maximum Gasteiger partial charge on any atom is 0.253 e. The first kappa shape index (κ1) is 24.2. The molecule has 6 nitrogen and oxygen atoms in total. The van der Waals surface area contributed by atoms with Gasteiger partial charge in [0.05, 0.1) is 12.3 Å². The van der Waals surface area contributed by atoms with E-state index in [-0.39, 0.29) is 36.8 Å². The van der Waals surface area contributed by atoms with Crippen LogP contribution in [0.25, 0.3) is 0 Å². The standard InChI is InChI=1S/C20H25N3O3.2ClH/c21-10-2-14-25-17-8-12-23(13-9-17)20(24)16-4-6-18(7-5-16)26-19-3-1-11-22-15-19;;/h1,3-7,11,15,17H,2,8-10,12-14,21H2;2*1H. The minimum Gasteiger partial charge on any atom is -0.456 e. The summed E-state index contributed by atoms with van der Waals surface area (Å²) in [6.07, 6.45) is 6.21. The lowest BCUT2D eigenvalue weighted by Crippen LogP contribution is -2.41. The molecule has 0 aliphatic carbocycles. The number of carbonyl (C=O) groups is 1. The summed E-state index contributed by atoms with van der Waals surface area (Å²) in [6, 6.07) is 10.9. The number of hydrogen-bond donors (Lipinski definition) is 1. The number of nitrogens with two attached hydrogens (primary N) is 1. The molecule has 8 heteroatoms. The molecule has 1 fully saturated rings. The van der Waals surface area contributed by atoms with E-state index in [0.717, 1.165) is 32.4 Å². The number of benzene rings is 1. The molecular formula is C20H27Cl2N3O3. The van der Waals surface area contributed by atoms with Gasteiger partial charge in [-0.2, -0.15) is 0 Å². The van der Waals surface area contributed by atoms with Crippen LogP contribution in [0.2, 0.25) is 0 Å². The van der Waals surface area contributed by atoms with Gasteiger partial charge in [-0.25, -0.2) is 0 Å². The Morgan fingerprint density at radius 2 is 1.82 bits per heavy atom. The molecule has 1 aromatic heterocycles. The van der Waals surface area contributed by atoms with Gasteiger partial charge in [-0.15, -0.1) is 24.8 Å². The summed E-state index contributed by atoms with van der Waals surface area (Å²) >= 11 is 0.